The quantitative estimate of drug-likeness (QED) is 0.243. The van der Waals surface area contributed by atoms with Gasteiger partial charge >= 0.3 is 5.97 Å². The van der Waals surface area contributed by atoms with E-state index in [4.69, 9.17) is 21.1 Å². The predicted octanol–water partition coefficient (Wildman–Crippen LogP) is 3.08. The van der Waals surface area contributed by atoms with Crippen LogP contribution in [0.15, 0.2) is 41.5 Å². The van der Waals surface area contributed by atoms with Gasteiger partial charge in [-0.15, -0.1) is 0 Å². The number of carbonyl (C=O) groups excluding carboxylic acids is 3. The second-order valence-corrected chi connectivity index (χ2v) is 6.89. The molecule has 2 amide bonds. The zero-order valence-electron chi connectivity index (χ0n) is 17.9. The van der Waals surface area contributed by atoms with Crippen LogP contribution in [0.3, 0.4) is 0 Å². The number of aryl methyl sites for hydroxylation is 1. The highest BCUT2D eigenvalue weighted by Gasteiger charge is 2.11. The highest BCUT2D eigenvalue weighted by Crippen LogP contribution is 2.28. The Kier molecular flexibility index (Phi) is 9.49. The molecule has 0 unspecified atom stereocenters. The second-order valence-electron chi connectivity index (χ2n) is 6.49. The van der Waals surface area contributed by atoms with Crippen molar-refractivity contribution >= 4 is 41.3 Å². The van der Waals surface area contributed by atoms with Gasteiger partial charge in [-0.1, -0.05) is 17.7 Å². The summed E-state index contributed by atoms with van der Waals surface area (Å²) in [7, 11) is 1.27. The van der Waals surface area contributed by atoms with Crippen molar-refractivity contribution in [2.45, 2.75) is 20.3 Å². The minimum atomic E-state index is -0.583. The molecule has 0 radical (unpaired) electrons. The Balaban J connectivity index is 1.90. The van der Waals surface area contributed by atoms with Crippen LogP contribution in [0.25, 0.3) is 0 Å². The summed E-state index contributed by atoms with van der Waals surface area (Å²) >= 11 is 6.02. The molecule has 0 bridgehead atoms. The number of anilines is 1. The third-order valence-electron chi connectivity index (χ3n) is 4.02. The molecule has 10 heteroatoms. The van der Waals surface area contributed by atoms with Crippen molar-refractivity contribution in [3.05, 3.63) is 52.5 Å². The number of nitrogens with zero attached hydrogens (tertiary/aromatic N) is 1. The topological polar surface area (TPSA) is 115 Å². The molecule has 2 N–H and O–H groups in total. The minimum absolute atomic E-state index is 0.253. The van der Waals surface area contributed by atoms with E-state index in [-0.39, 0.29) is 6.61 Å². The molecule has 2 rings (SSSR count). The first kappa shape index (κ1) is 24.7. The van der Waals surface area contributed by atoms with Crippen LogP contribution in [0.1, 0.15) is 24.5 Å². The fraction of sp³-hybridized carbons (Fsp3) is 0.273. The van der Waals surface area contributed by atoms with E-state index in [1.807, 2.05) is 6.92 Å². The van der Waals surface area contributed by atoms with Crippen LogP contribution in [0.2, 0.25) is 5.02 Å². The van der Waals surface area contributed by atoms with Gasteiger partial charge in [-0.2, -0.15) is 5.10 Å². The number of hydrogen-bond acceptors (Lipinski definition) is 7. The number of carbonyl (C=O) groups is 3. The summed E-state index contributed by atoms with van der Waals surface area (Å²) in [6.45, 7) is 3.78. The van der Waals surface area contributed by atoms with Crippen molar-refractivity contribution in [3.8, 4) is 11.5 Å². The molecule has 9 nitrogen and oxygen atoms in total. The zero-order chi connectivity index (χ0) is 23.5. The number of hydrazone groups is 1. The number of rotatable bonds is 10. The standard InChI is InChI=1S/C22H24ClN3O6/c1-4-31-19-9-15(6-8-18(19)32-13-22(29)30-3)12-24-26-21(28)11-20(27)25-16-7-5-14(2)17(23)10-16/h5-10,12H,4,11,13H2,1-3H3,(H,25,27)(H,26,28). The Morgan fingerprint density at radius 3 is 2.53 bits per heavy atom. The van der Waals surface area contributed by atoms with E-state index in [1.54, 1.807) is 43.3 Å². The summed E-state index contributed by atoms with van der Waals surface area (Å²) in [5.41, 5.74) is 4.28. The molecule has 170 valence electrons. The first-order valence-corrected chi connectivity index (χ1v) is 10.0. The number of esters is 1. The third kappa shape index (κ3) is 7.92. The van der Waals surface area contributed by atoms with Gasteiger partial charge in [0.2, 0.25) is 11.8 Å². The van der Waals surface area contributed by atoms with Crippen LogP contribution in [0.4, 0.5) is 5.69 Å². The summed E-state index contributed by atoms with van der Waals surface area (Å²) in [6.07, 6.45) is 0.982. The average Bonchev–Trinajstić information content (AvgIpc) is 2.75. The molecule has 0 atom stereocenters. The maximum atomic E-state index is 12.0. The van der Waals surface area contributed by atoms with Gasteiger partial charge in [-0.3, -0.25) is 9.59 Å². The number of halogens is 1. The molecule has 2 aromatic carbocycles. The van der Waals surface area contributed by atoms with Crippen LogP contribution in [0.5, 0.6) is 11.5 Å². The normalized spacial score (nSPS) is 10.5. The smallest absolute Gasteiger partial charge is 0.343 e. The van der Waals surface area contributed by atoms with E-state index in [0.717, 1.165) is 5.56 Å². The molecule has 0 aliphatic rings. The molecule has 0 aliphatic carbocycles. The fourth-order valence-electron chi connectivity index (χ4n) is 2.43. The monoisotopic (exact) mass is 461 g/mol. The molecule has 32 heavy (non-hydrogen) atoms. The Hall–Kier alpha value is -3.59. The second kappa shape index (κ2) is 12.3. The largest absolute Gasteiger partial charge is 0.490 e. The van der Waals surface area contributed by atoms with Crippen molar-refractivity contribution < 1.29 is 28.6 Å². The number of methoxy groups -OCH3 is 1. The van der Waals surface area contributed by atoms with Crippen molar-refractivity contribution in [2.75, 3.05) is 25.6 Å². The van der Waals surface area contributed by atoms with Gasteiger partial charge in [-0.05, 0) is 55.3 Å². The summed E-state index contributed by atoms with van der Waals surface area (Å²) in [5.74, 6) is -0.826. The molecule has 0 aromatic heterocycles. The number of nitrogens with one attached hydrogen (secondary N) is 2. The van der Waals surface area contributed by atoms with Gasteiger partial charge in [-0.25, -0.2) is 10.2 Å². The first-order valence-electron chi connectivity index (χ1n) is 9.66. The highest BCUT2D eigenvalue weighted by molar-refractivity contribution is 6.31. The first-order chi connectivity index (χ1) is 15.3. The lowest BCUT2D eigenvalue weighted by Crippen LogP contribution is -2.24. The van der Waals surface area contributed by atoms with Crippen LogP contribution in [0, 0.1) is 6.92 Å². The highest BCUT2D eigenvalue weighted by atomic mass is 35.5. The summed E-state index contributed by atoms with van der Waals surface area (Å²) < 4.78 is 15.4. The Morgan fingerprint density at radius 2 is 1.84 bits per heavy atom. The lowest BCUT2D eigenvalue weighted by atomic mass is 10.2. The number of amides is 2. The Labute approximate surface area is 190 Å². The fourth-order valence-corrected chi connectivity index (χ4v) is 2.61. The summed E-state index contributed by atoms with van der Waals surface area (Å²) in [5, 5.41) is 6.97. The van der Waals surface area contributed by atoms with E-state index < -0.39 is 24.2 Å². The maximum absolute atomic E-state index is 12.0. The van der Waals surface area contributed by atoms with Gasteiger partial charge in [0, 0.05) is 10.7 Å². The van der Waals surface area contributed by atoms with Crippen LogP contribution in [-0.2, 0) is 19.1 Å². The number of benzene rings is 2. The molecule has 0 fully saturated rings. The maximum Gasteiger partial charge on any atom is 0.343 e. The summed E-state index contributed by atoms with van der Waals surface area (Å²) in [6, 6.07) is 9.99. The summed E-state index contributed by atoms with van der Waals surface area (Å²) in [4.78, 5) is 35.2. The lowest BCUT2D eigenvalue weighted by molar-refractivity contribution is -0.143. The van der Waals surface area contributed by atoms with Gasteiger partial charge in [0.25, 0.3) is 0 Å². The molecule has 0 saturated carbocycles. The van der Waals surface area contributed by atoms with E-state index in [2.05, 4.69) is 20.6 Å². The van der Waals surface area contributed by atoms with E-state index >= 15 is 0 Å². The molecule has 0 heterocycles. The van der Waals surface area contributed by atoms with Gasteiger partial charge in [0.05, 0.1) is 19.9 Å². The third-order valence-corrected chi connectivity index (χ3v) is 4.43. The Bertz CT molecular complexity index is 1010. The molecule has 0 saturated heterocycles. The van der Waals surface area contributed by atoms with Crippen molar-refractivity contribution in [3.63, 3.8) is 0 Å². The molecule has 0 spiro atoms. The minimum Gasteiger partial charge on any atom is -0.490 e. The van der Waals surface area contributed by atoms with Crippen LogP contribution >= 0.6 is 11.6 Å². The van der Waals surface area contributed by atoms with E-state index in [1.165, 1.54) is 13.3 Å². The lowest BCUT2D eigenvalue weighted by Gasteiger charge is -2.11. The average molecular weight is 462 g/mol. The van der Waals surface area contributed by atoms with Crippen molar-refractivity contribution in [1.29, 1.82) is 0 Å². The van der Waals surface area contributed by atoms with Crippen molar-refractivity contribution in [1.82, 2.24) is 5.43 Å². The Morgan fingerprint density at radius 1 is 1.06 bits per heavy atom. The van der Waals surface area contributed by atoms with E-state index in [9.17, 15) is 14.4 Å². The van der Waals surface area contributed by atoms with E-state index in [0.29, 0.717) is 34.4 Å². The number of hydrogen-bond donors (Lipinski definition) is 2. The molecule has 2 aromatic rings. The van der Waals surface area contributed by atoms with Gasteiger partial charge in [0.1, 0.15) is 6.42 Å². The van der Waals surface area contributed by atoms with Crippen LogP contribution in [-0.4, -0.2) is 44.3 Å². The van der Waals surface area contributed by atoms with Gasteiger partial charge < -0.3 is 19.5 Å². The molecular weight excluding hydrogens is 438 g/mol. The van der Waals surface area contributed by atoms with Gasteiger partial charge in [0.15, 0.2) is 18.1 Å². The van der Waals surface area contributed by atoms with Crippen molar-refractivity contribution in [2.24, 2.45) is 5.10 Å². The zero-order valence-corrected chi connectivity index (χ0v) is 18.7. The molecular formula is C22H24ClN3O6. The SMILES string of the molecule is CCOc1cc(C=NNC(=O)CC(=O)Nc2ccc(C)c(Cl)c2)ccc1OCC(=O)OC. The predicted molar refractivity (Wildman–Crippen MR) is 120 cm³/mol. The van der Waals surface area contributed by atoms with Crippen LogP contribution < -0.4 is 20.2 Å². The number of ether oxygens (including phenoxy) is 3. The molecule has 0 aliphatic heterocycles.